The van der Waals surface area contributed by atoms with Crippen LogP contribution >= 0.6 is 0 Å². The normalized spacial score (nSPS) is 23.4. The van der Waals surface area contributed by atoms with E-state index in [0.29, 0.717) is 16.9 Å². The Morgan fingerprint density at radius 1 is 1.19 bits per heavy atom. The number of aliphatic hydroxyl groups excluding tert-OH is 2. The third-order valence-corrected chi connectivity index (χ3v) is 5.31. The minimum Gasteiger partial charge on any atom is -0.388 e. The molecule has 4 atom stereocenters. The Hall–Kier alpha value is -3.01. The second-order valence-electron chi connectivity index (χ2n) is 8.03. The number of fused-ring (bicyclic) bond motifs is 1. The van der Waals surface area contributed by atoms with Crippen molar-refractivity contribution >= 4 is 22.8 Å². The van der Waals surface area contributed by atoms with Gasteiger partial charge in [-0.05, 0) is 26.3 Å². The molecular weight excluding hydrogens is 398 g/mol. The minimum absolute atomic E-state index is 0.0371. The van der Waals surface area contributed by atoms with E-state index in [-0.39, 0.29) is 18.5 Å². The maximum atomic E-state index is 12.1. The van der Waals surface area contributed by atoms with Gasteiger partial charge >= 0.3 is 0 Å². The molecule has 1 saturated heterocycles. The fraction of sp³-hybridized carbons (Fsp3) is 0.409. The molecule has 2 aromatic heterocycles. The largest absolute Gasteiger partial charge is 0.388 e. The van der Waals surface area contributed by atoms with Gasteiger partial charge in [0.2, 0.25) is 5.91 Å². The fourth-order valence-electron chi connectivity index (χ4n) is 3.84. The van der Waals surface area contributed by atoms with Crippen molar-refractivity contribution in [2.24, 2.45) is 0 Å². The first-order valence-corrected chi connectivity index (χ1v) is 10.3. The predicted octanol–water partition coefficient (Wildman–Crippen LogP) is 1.67. The van der Waals surface area contributed by atoms with Crippen LogP contribution in [-0.4, -0.2) is 61.6 Å². The fourth-order valence-corrected chi connectivity index (χ4v) is 3.84. The van der Waals surface area contributed by atoms with E-state index in [2.05, 4.69) is 20.6 Å². The van der Waals surface area contributed by atoms with Crippen LogP contribution in [0.5, 0.6) is 0 Å². The molecule has 1 aliphatic heterocycles. The number of aliphatic hydroxyl groups is 2. The Kier molecular flexibility index (Phi) is 5.90. The first kappa shape index (κ1) is 21.2. The van der Waals surface area contributed by atoms with E-state index < -0.39 is 24.5 Å². The molecule has 9 nitrogen and oxygen atoms in total. The molecule has 3 aromatic rings. The lowest BCUT2D eigenvalue weighted by Crippen LogP contribution is -2.35. The Bertz CT molecular complexity index is 1070. The minimum atomic E-state index is -1.10. The van der Waals surface area contributed by atoms with Gasteiger partial charge in [-0.15, -0.1) is 0 Å². The highest BCUT2D eigenvalue weighted by atomic mass is 16.6. The van der Waals surface area contributed by atoms with Gasteiger partial charge < -0.3 is 30.2 Å². The smallest absolute Gasteiger partial charge is 0.239 e. The molecule has 0 saturated carbocycles. The van der Waals surface area contributed by atoms with Crippen molar-refractivity contribution in [3.05, 3.63) is 42.9 Å². The number of nitrogens with zero attached hydrogens (tertiary/aromatic N) is 3. The lowest BCUT2D eigenvalue weighted by atomic mass is 10.1. The highest BCUT2D eigenvalue weighted by Gasteiger charge is 2.42. The molecule has 1 aromatic carbocycles. The van der Waals surface area contributed by atoms with Crippen molar-refractivity contribution < 1.29 is 19.7 Å². The molecule has 1 aliphatic rings. The van der Waals surface area contributed by atoms with E-state index in [1.165, 1.54) is 6.33 Å². The average Bonchev–Trinajstić information content (AvgIpc) is 3.26. The lowest BCUT2D eigenvalue weighted by Gasteiger charge is -2.17. The van der Waals surface area contributed by atoms with Crippen LogP contribution in [0.25, 0.3) is 22.2 Å². The summed E-state index contributed by atoms with van der Waals surface area (Å²) in [7, 11) is 0. The molecule has 0 radical (unpaired) electrons. The van der Waals surface area contributed by atoms with Crippen LogP contribution in [-0.2, 0) is 9.53 Å². The summed E-state index contributed by atoms with van der Waals surface area (Å²) < 4.78 is 7.55. The average molecular weight is 425 g/mol. The van der Waals surface area contributed by atoms with Gasteiger partial charge in [-0.3, -0.25) is 4.79 Å². The van der Waals surface area contributed by atoms with Crippen LogP contribution in [0.4, 0.5) is 5.82 Å². The monoisotopic (exact) mass is 425 g/mol. The number of carbonyl (C=O) groups is 1. The number of benzene rings is 1. The molecule has 3 heterocycles. The molecule has 0 bridgehead atoms. The summed E-state index contributed by atoms with van der Waals surface area (Å²) in [4.78, 5) is 20.9. The van der Waals surface area contributed by atoms with Crippen LogP contribution < -0.4 is 10.6 Å². The zero-order valence-electron chi connectivity index (χ0n) is 17.7. The Morgan fingerprint density at radius 3 is 2.58 bits per heavy atom. The topological polar surface area (TPSA) is 122 Å². The van der Waals surface area contributed by atoms with E-state index in [9.17, 15) is 15.0 Å². The number of ether oxygens (including phenoxy) is 1. The predicted molar refractivity (Wildman–Crippen MR) is 116 cm³/mol. The molecule has 4 rings (SSSR count). The van der Waals surface area contributed by atoms with Crippen LogP contribution in [0.3, 0.4) is 0 Å². The van der Waals surface area contributed by atoms with Crippen LogP contribution in [0.15, 0.2) is 42.9 Å². The van der Waals surface area contributed by atoms with Gasteiger partial charge in [0.05, 0.1) is 18.0 Å². The van der Waals surface area contributed by atoms with Gasteiger partial charge in [0.15, 0.2) is 6.23 Å². The summed E-state index contributed by atoms with van der Waals surface area (Å²) in [5.41, 5.74) is 2.29. The number of aromatic nitrogens is 3. The summed E-state index contributed by atoms with van der Waals surface area (Å²) >= 11 is 0. The summed E-state index contributed by atoms with van der Waals surface area (Å²) in [6, 6.07) is 9.75. The zero-order chi connectivity index (χ0) is 22.1. The van der Waals surface area contributed by atoms with Gasteiger partial charge in [-0.25, -0.2) is 9.97 Å². The first-order valence-electron chi connectivity index (χ1n) is 10.3. The molecule has 1 amide bonds. The summed E-state index contributed by atoms with van der Waals surface area (Å²) in [6.07, 6.45) is -0.169. The second kappa shape index (κ2) is 8.62. The zero-order valence-corrected chi connectivity index (χ0v) is 17.7. The third kappa shape index (κ3) is 4.12. The van der Waals surface area contributed by atoms with Gasteiger partial charge in [-0.2, -0.15) is 0 Å². The maximum Gasteiger partial charge on any atom is 0.239 e. The molecule has 164 valence electrons. The first-order chi connectivity index (χ1) is 14.9. The SMILES string of the molecule is CC(C)NC(=O)CNc1ncnc2c1c(-c1ccccc1)cn2[C@@H]1O[C@H](C)[C@@H](O)[C@H]1O. The Morgan fingerprint density at radius 2 is 1.94 bits per heavy atom. The number of carbonyl (C=O) groups excluding carboxylic acids is 1. The summed E-state index contributed by atoms with van der Waals surface area (Å²) in [5.74, 6) is 0.358. The Labute approximate surface area is 180 Å². The van der Waals surface area contributed by atoms with Crippen molar-refractivity contribution in [2.75, 3.05) is 11.9 Å². The summed E-state index contributed by atoms with van der Waals surface area (Å²) in [6.45, 7) is 5.57. The van der Waals surface area contributed by atoms with E-state index in [0.717, 1.165) is 11.1 Å². The quantitative estimate of drug-likeness (QED) is 0.474. The highest BCUT2D eigenvalue weighted by Crippen LogP contribution is 2.38. The van der Waals surface area contributed by atoms with E-state index in [1.54, 1.807) is 11.5 Å². The molecule has 0 aliphatic carbocycles. The van der Waals surface area contributed by atoms with Gasteiger partial charge in [0, 0.05) is 17.8 Å². The molecule has 4 N–H and O–H groups in total. The van der Waals surface area contributed by atoms with Crippen molar-refractivity contribution in [1.82, 2.24) is 19.9 Å². The number of anilines is 1. The van der Waals surface area contributed by atoms with E-state index in [1.807, 2.05) is 50.4 Å². The van der Waals surface area contributed by atoms with Crippen molar-refractivity contribution in [2.45, 2.75) is 51.4 Å². The van der Waals surface area contributed by atoms with Crippen LogP contribution in [0.1, 0.15) is 27.0 Å². The van der Waals surface area contributed by atoms with Crippen molar-refractivity contribution in [3.63, 3.8) is 0 Å². The number of nitrogens with one attached hydrogen (secondary N) is 2. The molecule has 31 heavy (non-hydrogen) atoms. The van der Waals surface area contributed by atoms with E-state index >= 15 is 0 Å². The Balaban J connectivity index is 1.79. The summed E-state index contributed by atoms with van der Waals surface area (Å²) in [5, 5.41) is 27.4. The van der Waals surface area contributed by atoms with Gasteiger partial charge in [-0.1, -0.05) is 30.3 Å². The standard InChI is InChI=1S/C22H27N5O4/c1-12(2)26-16(28)9-23-20-17-15(14-7-5-4-6-8-14)10-27(21(17)25-11-24-20)22-19(30)18(29)13(3)31-22/h4-8,10-13,18-19,22,29-30H,9H2,1-3H3,(H,26,28)(H,23,24,25)/t13-,18-,19-,22-/m1/s1. The van der Waals surface area contributed by atoms with Gasteiger partial charge in [0.25, 0.3) is 0 Å². The van der Waals surface area contributed by atoms with Crippen LogP contribution in [0.2, 0.25) is 0 Å². The molecule has 9 heteroatoms. The molecule has 0 spiro atoms. The number of hydrogen-bond donors (Lipinski definition) is 4. The van der Waals surface area contributed by atoms with E-state index in [4.69, 9.17) is 4.74 Å². The second-order valence-corrected chi connectivity index (χ2v) is 8.03. The number of amides is 1. The maximum absolute atomic E-state index is 12.1. The number of rotatable bonds is 6. The molecular formula is C22H27N5O4. The highest BCUT2D eigenvalue weighted by molar-refractivity contribution is 6.02. The number of hydrogen-bond acceptors (Lipinski definition) is 7. The van der Waals surface area contributed by atoms with Gasteiger partial charge in [0.1, 0.15) is 30.0 Å². The third-order valence-electron chi connectivity index (χ3n) is 5.31. The molecule has 0 unspecified atom stereocenters. The van der Waals surface area contributed by atoms with Crippen molar-refractivity contribution in [1.29, 1.82) is 0 Å². The molecule has 1 fully saturated rings. The van der Waals surface area contributed by atoms with Crippen molar-refractivity contribution in [3.8, 4) is 11.1 Å². The van der Waals surface area contributed by atoms with Crippen LogP contribution in [0, 0.1) is 0 Å². The lowest BCUT2D eigenvalue weighted by molar-refractivity contribution is -0.119.